The Hall–Kier alpha value is -2.30. The second-order valence-electron chi connectivity index (χ2n) is 7.58. The zero-order chi connectivity index (χ0) is 17.3. The summed E-state index contributed by atoms with van der Waals surface area (Å²) in [5, 5.41) is 7.46. The third-order valence-corrected chi connectivity index (χ3v) is 3.30. The first-order valence-corrected chi connectivity index (χ1v) is 7.72. The molecule has 2 rings (SSSR count). The number of carbonyl (C=O) groups excluding carboxylic acids is 1. The lowest BCUT2D eigenvalue weighted by atomic mass is 9.92. The molecular weight excluding hydrogens is 290 g/mol. The summed E-state index contributed by atoms with van der Waals surface area (Å²) >= 11 is 0. The Morgan fingerprint density at radius 3 is 2.22 bits per heavy atom. The molecule has 0 fully saturated rings. The number of anilines is 1. The predicted molar refractivity (Wildman–Crippen MR) is 92.0 cm³/mol. The largest absolute Gasteiger partial charge is 0.418 e. The fourth-order valence-electron chi connectivity index (χ4n) is 2.07. The number of amides is 1. The highest BCUT2D eigenvalue weighted by Crippen LogP contribution is 2.28. The van der Waals surface area contributed by atoms with Crippen LogP contribution in [0.5, 0.6) is 5.75 Å². The molecule has 124 valence electrons. The highest BCUT2D eigenvalue weighted by Gasteiger charge is 2.26. The molecule has 0 atom stereocenters. The second kappa shape index (κ2) is 6.07. The summed E-state index contributed by atoms with van der Waals surface area (Å²) in [4.78, 5) is 12.1. The normalized spacial score (nSPS) is 12.1. The average Bonchev–Trinajstić information content (AvgIpc) is 2.83. The topological polar surface area (TPSA) is 56.1 Å². The molecular formula is C18H25N3O2. The quantitative estimate of drug-likeness (QED) is 0.884. The number of ether oxygens (including phenoxy) is 1. The van der Waals surface area contributed by atoms with Crippen molar-refractivity contribution >= 4 is 11.9 Å². The third-order valence-electron chi connectivity index (χ3n) is 3.30. The lowest BCUT2D eigenvalue weighted by molar-refractivity contribution is 0.214. The van der Waals surface area contributed by atoms with Crippen LogP contribution in [0.3, 0.4) is 0 Å². The highest BCUT2D eigenvalue weighted by molar-refractivity contribution is 5.85. The minimum Gasteiger partial charge on any atom is -0.410 e. The third kappa shape index (κ3) is 4.34. The standard InChI is InChI=1S/C18H25N3O2/c1-17(2,3)14-12-15(21(20-14)18(4,5)6)19-16(22)23-13-10-8-7-9-11-13/h7-12H,1-6H3,(H,19,22). The van der Waals surface area contributed by atoms with Crippen LogP contribution in [-0.2, 0) is 11.0 Å². The Morgan fingerprint density at radius 1 is 1.09 bits per heavy atom. The maximum absolute atomic E-state index is 12.1. The van der Waals surface area contributed by atoms with Crippen molar-refractivity contribution in [3.8, 4) is 5.75 Å². The van der Waals surface area contributed by atoms with E-state index in [0.717, 1.165) is 5.69 Å². The Labute approximate surface area is 137 Å². The van der Waals surface area contributed by atoms with E-state index in [9.17, 15) is 4.79 Å². The number of hydrogen-bond acceptors (Lipinski definition) is 3. The van der Waals surface area contributed by atoms with Gasteiger partial charge in [-0.15, -0.1) is 0 Å². The Balaban J connectivity index is 2.24. The summed E-state index contributed by atoms with van der Waals surface area (Å²) in [5.41, 5.74) is 0.567. The molecule has 1 heterocycles. The van der Waals surface area contributed by atoms with E-state index in [1.807, 2.05) is 49.7 Å². The smallest absolute Gasteiger partial charge is 0.410 e. The highest BCUT2D eigenvalue weighted by atomic mass is 16.6. The molecule has 0 aliphatic heterocycles. The minimum atomic E-state index is -0.526. The maximum Gasteiger partial charge on any atom is 0.418 e. The van der Waals surface area contributed by atoms with E-state index in [4.69, 9.17) is 4.74 Å². The van der Waals surface area contributed by atoms with E-state index in [-0.39, 0.29) is 11.0 Å². The molecule has 0 aliphatic rings. The van der Waals surface area contributed by atoms with Gasteiger partial charge in [0.2, 0.25) is 0 Å². The molecule has 5 nitrogen and oxygen atoms in total. The Kier molecular flexibility index (Phi) is 4.50. The molecule has 2 aromatic rings. The van der Waals surface area contributed by atoms with Crippen LogP contribution < -0.4 is 10.1 Å². The number of carbonyl (C=O) groups is 1. The van der Waals surface area contributed by atoms with E-state index in [1.165, 1.54) is 0 Å². The van der Waals surface area contributed by atoms with Crippen LogP contribution >= 0.6 is 0 Å². The first-order valence-electron chi connectivity index (χ1n) is 7.72. The van der Waals surface area contributed by atoms with Gasteiger partial charge in [0.15, 0.2) is 0 Å². The molecule has 0 saturated heterocycles. The monoisotopic (exact) mass is 315 g/mol. The minimum absolute atomic E-state index is 0.101. The van der Waals surface area contributed by atoms with Crippen LogP contribution in [0.1, 0.15) is 47.2 Å². The number of aromatic nitrogens is 2. The van der Waals surface area contributed by atoms with Gasteiger partial charge in [-0.25, -0.2) is 9.48 Å². The van der Waals surface area contributed by atoms with Crippen LogP contribution in [-0.4, -0.2) is 15.9 Å². The van der Waals surface area contributed by atoms with Crippen molar-refractivity contribution < 1.29 is 9.53 Å². The molecule has 0 unspecified atom stereocenters. The van der Waals surface area contributed by atoms with Crippen molar-refractivity contribution in [2.75, 3.05) is 5.32 Å². The molecule has 1 aromatic heterocycles. The van der Waals surface area contributed by atoms with Crippen LogP contribution in [0, 0.1) is 0 Å². The van der Waals surface area contributed by atoms with Crippen molar-refractivity contribution in [3.05, 3.63) is 42.1 Å². The van der Waals surface area contributed by atoms with Gasteiger partial charge in [-0.2, -0.15) is 5.10 Å². The summed E-state index contributed by atoms with van der Waals surface area (Å²) in [6.45, 7) is 12.4. The maximum atomic E-state index is 12.1. The summed E-state index contributed by atoms with van der Waals surface area (Å²) in [7, 11) is 0. The van der Waals surface area contributed by atoms with E-state index in [2.05, 4.69) is 31.2 Å². The fraction of sp³-hybridized carbons (Fsp3) is 0.444. The molecule has 0 spiro atoms. The van der Waals surface area contributed by atoms with Crippen molar-refractivity contribution in [3.63, 3.8) is 0 Å². The first kappa shape index (κ1) is 17.1. The summed E-state index contributed by atoms with van der Waals surface area (Å²) in [6.07, 6.45) is -0.526. The number of para-hydroxylation sites is 1. The lowest BCUT2D eigenvalue weighted by Crippen LogP contribution is -2.28. The van der Waals surface area contributed by atoms with Crippen molar-refractivity contribution in [1.82, 2.24) is 9.78 Å². The zero-order valence-electron chi connectivity index (χ0n) is 14.7. The van der Waals surface area contributed by atoms with Crippen LogP contribution in [0.2, 0.25) is 0 Å². The van der Waals surface area contributed by atoms with Crippen LogP contribution in [0.15, 0.2) is 36.4 Å². The number of benzene rings is 1. The second-order valence-corrected chi connectivity index (χ2v) is 7.58. The van der Waals surface area contributed by atoms with E-state index < -0.39 is 6.09 Å². The molecule has 1 aromatic carbocycles. The van der Waals surface area contributed by atoms with Gasteiger partial charge in [0.05, 0.1) is 11.2 Å². The molecule has 0 radical (unpaired) electrons. The van der Waals surface area contributed by atoms with Gasteiger partial charge < -0.3 is 4.74 Å². The van der Waals surface area contributed by atoms with Gasteiger partial charge in [0, 0.05) is 11.5 Å². The van der Waals surface area contributed by atoms with Gasteiger partial charge in [-0.1, -0.05) is 39.0 Å². The Morgan fingerprint density at radius 2 is 1.70 bits per heavy atom. The van der Waals surface area contributed by atoms with Gasteiger partial charge in [0.1, 0.15) is 11.6 Å². The molecule has 1 amide bonds. The van der Waals surface area contributed by atoms with Crippen LogP contribution in [0.4, 0.5) is 10.6 Å². The van der Waals surface area contributed by atoms with E-state index >= 15 is 0 Å². The lowest BCUT2D eigenvalue weighted by Gasteiger charge is -2.22. The van der Waals surface area contributed by atoms with Crippen molar-refractivity contribution in [2.45, 2.75) is 52.5 Å². The molecule has 23 heavy (non-hydrogen) atoms. The van der Waals surface area contributed by atoms with Gasteiger partial charge in [-0.05, 0) is 32.9 Å². The van der Waals surface area contributed by atoms with E-state index in [1.54, 1.807) is 12.1 Å². The van der Waals surface area contributed by atoms with Gasteiger partial charge in [0.25, 0.3) is 0 Å². The molecule has 0 saturated carbocycles. The number of rotatable bonds is 2. The predicted octanol–water partition coefficient (Wildman–Crippen LogP) is 4.55. The number of nitrogens with one attached hydrogen (secondary N) is 1. The fourth-order valence-corrected chi connectivity index (χ4v) is 2.07. The molecule has 1 N–H and O–H groups in total. The van der Waals surface area contributed by atoms with Gasteiger partial charge >= 0.3 is 6.09 Å². The average molecular weight is 315 g/mol. The zero-order valence-corrected chi connectivity index (χ0v) is 14.7. The summed E-state index contributed by atoms with van der Waals surface area (Å²) in [5.74, 6) is 1.13. The van der Waals surface area contributed by atoms with E-state index in [0.29, 0.717) is 11.6 Å². The molecule has 0 aliphatic carbocycles. The molecule has 5 heteroatoms. The summed E-state index contributed by atoms with van der Waals surface area (Å²) < 4.78 is 7.11. The Bertz CT molecular complexity index is 677. The number of hydrogen-bond donors (Lipinski definition) is 1. The first-order chi connectivity index (χ1) is 10.6. The van der Waals surface area contributed by atoms with Gasteiger partial charge in [-0.3, -0.25) is 5.32 Å². The molecule has 0 bridgehead atoms. The summed E-state index contributed by atoms with van der Waals surface area (Å²) in [6, 6.07) is 10.9. The van der Waals surface area contributed by atoms with Crippen molar-refractivity contribution in [2.24, 2.45) is 0 Å². The van der Waals surface area contributed by atoms with Crippen LogP contribution in [0.25, 0.3) is 0 Å². The van der Waals surface area contributed by atoms with Crippen molar-refractivity contribution in [1.29, 1.82) is 0 Å². The number of nitrogens with zero attached hydrogens (tertiary/aromatic N) is 2. The SMILES string of the molecule is CC(C)(C)c1cc(NC(=O)Oc2ccccc2)n(C(C)(C)C)n1.